The molecule has 0 bridgehead atoms. The molecule has 1 heterocycles. The number of aryl methyl sites for hydroxylation is 1. The Morgan fingerprint density at radius 1 is 1.33 bits per heavy atom. The van der Waals surface area contributed by atoms with Crippen LogP contribution in [0.5, 0.6) is 0 Å². The van der Waals surface area contributed by atoms with E-state index in [9.17, 15) is 9.59 Å². The molecule has 0 aliphatic heterocycles. The van der Waals surface area contributed by atoms with E-state index in [2.05, 4.69) is 5.10 Å². The van der Waals surface area contributed by atoms with Crippen LogP contribution < -0.4 is 0 Å². The molecule has 1 N–H and O–H groups in total. The molecule has 0 aliphatic carbocycles. The number of carboxylic acids is 1. The van der Waals surface area contributed by atoms with Crippen LogP contribution in [0.3, 0.4) is 0 Å². The van der Waals surface area contributed by atoms with E-state index in [1.54, 1.807) is 12.1 Å². The van der Waals surface area contributed by atoms with Crippen LogP contribution in [0.1, 0.15) is 35.9 Å². The molecule has 18 heavy (non-hydrogen) atoms. The zero-order chi connectivity index (χ0) is 13.4. The first-order valence-electron chi connectivity index (χ1n) is 5.68. The Morgan fingerprint density at radius 2 is 2.00 bits per heavy atom. The van der Waals surface area contributed by atoms with Gasteiger partial charge >= 0.3 is 5.97 Å². The van der Waals surface area contributed by atoms with Crippen molar-refractivity contribution in [1.29, 1.82) is 0 Å². The minimum absolute atomic E-state index is 0.182. The monoisotopic (exact) mass is 246 g/mol. The molecule has 0 radical (unpaired) electrons. The van der Waals surface area contributed by atoms with Gasteiger partial charge in [0, 0.05) is 17.0 Å². The summed E-state index contributed by atoms with van der Waals surface area (Å²) in [5.41, 5.74) is 1.88. The van der Waals surface area contributed by atoms with Crippen LogP contribution in [0.15, 0.2) is 18.2 Å². The Labute approximate surface area is 104 Å². The lowest BCUT2D eigenvalue weighted by Crippen LogP contribution is -2.12. The van der Waals surface area contributed by atoms with Crippen molar-refractivity contribution >= 4 is 22.7 Å². The number of nitrogens with zero attached hydrogens (tertiary/aromatic N) is 2. The third kappa shape index (κ3) is 1.88. The van der Waals surface area contributed by atoms with Gasteiger partial charge in [0.2, 0.25) is 0 Å². The number of hydrogen-bond acceptors (Lipinski definition) is 3. The number of carboxylic acid groups (broad SMARTS) is 1. The molecule has 0 aliphatic rings. The summed E-state index contributed by atoms with van der Waals surface area (Å²) in [5, 5.41) is 13.9. The largest absolute Gasteiger partial charge is 0.475 e. The maximum Gasteiger partial charge on any atom is 0.377 e. The Bertz CT molecular complexity index is 641. The standard InChI is InChI=1S/C13H14N2O3/c1-7(2)15-11-5-4-9(12(16)13(17)18)6-10(11)8(3)14-15/h4-7H,1-3H3,(H,17,18). The quantitative estimate of drug-likeness (QED) is 0.665. The first-order valence-corrected chi connectivity index (χ1v) is 5.68. The van der Waals surface area contributed by atoms with E-state index < -0.39 is 11.8 Å². The van der Waals surface area contributed by atoms with Gasteiger partial charge in [-0.2, -0.15) is 5.10 Å². The molecule has 0 saturated carbocycles. The fourth-order valence-corrected chi connectivity index (χ4v) is 1.95. The highest BCUT2D eigenvalue weighted by Gasteiger charge is 2.17. The summed E-state index contributed by atoms with van der Waals surface area (Å²) in [6.45, 7) is 5.88. The highest BCUT2D eigenvalue weighted by Crippen LogP contribution is 2.22. The summed E-state index contributed by atoms with van der Waals surface area (Å²) >= 11 is 0. The van der Waals surface area contributed by atoms with Crippen molar-refractivity contribution in [2.75, 3.05) is 0 Å². The maximum atomic E-state index is 11.4. The van der Waals surface area contributed by atoms with Crippen molar-refractivity contribution in [2.24, 2.45) is 0 Å². The summed E-state index contributed by atoms with van der Waals surface area (Å²) in [4.78, 5) is 22.1. The Balaban J connectivity index is 2.63. The second-order valence-electron chi connectivity index (χ2n) is 4.49. The molecule has 2 aromatic rings. The van der Waals surface area contributed by atoms with Gasteiger partial charge in [0.25, 0.3) is 5.78 Å². The van der Waals surface area contributed by atoms with Crippen molar-refractivity contribution in [3.05, 3.63) is 29.5 Å². The van der Waals surface area contributed by atoms with Crippen molar-refractivity contribution in [3.8, 4) is 0 Å². The predicted molar refractivity (Wildman–Crippen MR) is 66.8 cm³/mol. The molecule has 1 aromatic carbocycles. The number of aromatic nitrogens is 2. The minimum Gasteiger partial charge on any atom is -0.475 e. The highest BCUT2D eigenvalue weighted by atomic mass is 16.4. The number of aliphatic carboxylic acids is 1. The Hall–Kier alpha value is -2.17. The summed E-state index contributed by atoms with van der Waals surface area (Å²) in [5.74, 6) is -2.34. The average Bonchev–Trinajstić information content (AvgIpc) is 2.65. The highest BCUT2D eigenvalue weighted by molar-refractivity contribution is 6.40. The van der Waals surface area contributed by atoms with Gasteiger partial charge in [0.05, 0.1) is 11.2 Å². The smallest absolute Gasteiger partial charge is 0.377 e. The van der Waals surface area contributed by atoms with Crippen LogP contribution in [0.2, 0.25) is 0 Å². The lowest BCUT2D eigenvalue weighted by atomic mass is 10.1. The topological polar surface area (TPSA) is 72.2 Å². The van der Waals surface area contributed by atoms with Crippen molar-refractivity contribution in [3.63, 3.8) is 0 Å². The third-order valence-corrected chi connectivity index (χ3v) is 2.84. The summed E-state index contributed by atoms with van der Waals surface area (Å²) in [7, 11) is 0. The number of carbonyl (C=O) groups is 2. The molecule has 1 aromatic heterocycles. The Morgan fingerprint density at radius 3 is 2.56 bits per heavy atom. The molecule has 0 spiro atoms. The number of Topliss-reactive ketones (excluding diaryl/α,β-unsaturated/α-hetero) is 1. The number of ketones is 1. The minimum atomic E-state index is -1.44. The zero-order valence-corrected chi connectivity index (χ0v) is 10.5. The molecule has 5 nitrogen and oxygen atoms in total. The summed E-state index contributed by atoms with van der Waals surface area (Å²) in [6, 6.07) is 5.07. The molecular weight excluding hydrogens is 232 g/mol. The van der Waals surface area contributed by atoms with Crippen LogP contribution >= 0.6 is 0 Å². The first kappa shape index (κ1) is 12.3. The van der Waals surface area contributed by atoms with Gasteiger partial charge < -0.3 is 5.11 Å². The number of rotatable bonds is 3. The zero-order valence-electron chi connectivity index (χ0n) is 10.5. The molecule has 0 amide bonds. The number of benzene rings is 1. The Kier molecular flexibility index (Phi) is 2.90. The van der Waals surface area contributed by atoms with Gasteiger partial charge in [-0.05, 0) is 39.0 Å². The molecule has 0 saturated heterocycles. The lowest BCUT2D eigenvalue weighted by molar-refractivity contribution is -0.131. The molecular formula is C13H14N2O3. The van der Waals surface area contributed by atoms with Crippen molar-refractivity contribution in [2.45, 2.75) is 26.8 Å². The van der Waals surface area contributed by atoms with Crippen LogP contribution in [0, 0.1) is 6.92 Å². The molecule has 94 valence electrons. The van der Waals surface area contributed by atoms with E-state index in [1.165, 1.54) is 6.07 Å². The molecule has 5 heteroatoms. The average molecular weight is 246 g/mol. The number of hydrogen-bond donors (Lipinski definition) is 1. The van der Waals surface area contributed by atoms with E-state index in [1.807, 2.05) is 25.5 Å². The molecule has 0 fully saturated rings. The lowest BCUT2D eigenvalue weighted by Gasteiger charge is -2.06. The molecule has 0 atom stereocenters. The van der Waals surface area contributed by atoms with Gasteiger partial charge in [-0.3, -0.25) is 9.48 Å². The van der Waals surface area contributed by atoms with Gasteiger partial charge in [0.15, 0.2) is 0 Å². The summed E-state index contributed by atoms with van der Waals surface area (Å²) in [6.07, 6.45) is 0. The van der Waals surface area contributed by atoms with Gasteiger partial charge in [-0.15, -0.1) is 0 Å². The fourth-order valence-electron chi connectivity index (χ4n) is 1.95. The predicted octanol–water partition coefficient (Wildman–Crippen LogP) is 2.19. The van der Waals surface area contributed by atoms with E-state index in [-0.39, 0.29) is 11.6 Å². The number of fused-ring (bicyclic) bond motifs is 1. The van der Waals surface area contributed by atoms with Gasteiger partial charge in [-0.25, -0.2) is 4.79 Å². The van der Waals surface area contributed by atoms with Crippen LogP contribution in [-0.4, -0.2) is 26.6 Å². The number of carbonyl (C=O) groups excluding carboxylic acids is 1. The van der Waals surface area contributed by atoms with E-state index in [4.69, 9.17) is 5.11 Å². The van der Waals surface area contributed by atoms with Crippen molar-refractivity contribution < 1.29 is 14.7 Å². The third-order valence-electron chi connectivity index (χ3n) is 2.84. The molecule has 0 unspecified atom stereocenters. The summed E-state index contributed by atoms with van der Waals surface area (Å²) < 4.78 is 1.86. The normalized spacial score (nSPS) is 11.1. The second kappa shape index (κ2) is 4.25. The molecule has 2 rings (SSSR count). The fraction of sp³-hybridized carbons (Fsp3) is 0.308. The van der Waals surface area contributed by atoms with E-state index in [0.29, 0.717) is 0 Å². The van der Waals surface area contributed by atoms with E-state index >= 15 is 0 Å². The second-order valence-corrected chi connectivity index (χ2v) is 4.49. The van der Waals surface area contributed by atoms with Crippen LogP contribution in [0.25, 0.3) is 10.9 Å². The maximum absolute atomic E-state index is 11.4. The van der Waals surface area contributed by atoms with E-state index in [0.717, 1.165) is 16.6 Å². The van der Waals surface area contributed by atoms with Gasteiger partial charge in [0.1, 0.15) is 0 Å². The van der Waals surface area contributed by atoms with Crippen LogP contribution in [-0.2, 0) is 4.79 Å². The SMILES string of the molecule is Cc1nn(C(C)C)c2ccc(C(=O)C(=O)O)cc12. The van der Waals surface area contributed by atoms with Crippen LogP contribution in [0.4, 0.5) is 0 Å². The van der Waals surface area contributed by atoms with Gasteiger partial charge in [-0.1, -0.05) is 0 Å². The first-order chi connectivity index (χ1) is 8.41. The van der Waals surface area contributed by atoms with Crippen molar-refractivity contribution in [1.82, 2.24) is 9.78 Å².